The number of para-hydroxylation sites is 1. The molecule has 3 fully saturated rings. The van der Waals surface area contributed by atoms with Crippen molar-refractivity contribution in [3.63, 3.8) is 0 Å². The fourth-order valence-corrected chi connectivity index (χ4v) is 5.25. The van der Waals surface area contributed by atoms with Crippen LogP contribution in [0.15, 0.2) is 34.7 Å². The zero-order valence-corrected chi connectivity index (χ0v) is 18.8. The molecule has 3 aliphatic heterocycles. The van der Waals surface area contributed by atoms with Gasteiger partial charge >= 0.3 is 12.0 Å². The summed E-state index contributed by atoms with van der Waals surface area (Å²) in [6, 6.07) is 7.36. The predicted octanol–water partition coefficient (Wildman–Crippen LogP) is 1.61. The highest BCUT2D eigenvalue weighted by molar-refractivity contribution is 6.07. The fourth-order valence-electron chi connectivity index (χ4n) is 5.25. The number of hydrogen-bond donors (Lipinski definition) is 2. The molecule has 0 unspecified atom stereocenters. The van der Waals surface area contributed by atoms with Crippen LogP contribution in [0.3, 0.4) is 0 Å². The Kier molecular flexibility index (Phi) is 5.99. The van der Waals surface area contributed by atoms with Crippen LogP contribution in [0, 0.1) is 11.8 Å². The Hall–Kier alpha value is -3.40. The quantitative estimate of drug-likeness (QED) is 0.654. The highest BCUT2D eigenvalue weighted by atomic mass is 16.4. The third kappa shape index (κ3) is 4.02. The van der Waals surface area contributed by atoms with E-state index < -0.39 is 29.9 Å². The van der Waals surface area contributed by atoms with Crippen molar-refractivity contribution in [2.24, 2.45) is 11.8 Å². The molecule has 2 N–H and O–H groups in total. The molecule has 2 aromatic rings. The number of carbonyl (C=O) groups excluding carboxylic acids is 3. The number of furan rings is 1. The Labute approximate surface area is 196 Å². The molecule has 1 aromatic heterocycles. The van der Waals surface area contributed by atoms with Crippen LogP contribution in [0.5, 0.6) is 0 Å². The van der Waals surface area contributed by atoms with Gasteiger partial charge in [-0.3, -0.25) is 9.59 Å². The first-order chi connectivity index (χ1) is 16.4. The molecule has 0 saturated carbocycles. The second-order valence-electron chi connectivity index (χ2n) is 9.24. The first kappa shape index (κ1) is 22.4. The number of rotatable bonds is 4. The third-order valence-electron chi connectivity index (χ3n) is 7.19. The molecule has 0 bridgehead atoms. The first-order valence-corrected chi connectivity index (χ1v) is 11.8. The number of imide groups is 1. The van der Waals surface area contributed by atoms with Crippen LogP contribution in [0.4, 0.5) is 4.79 Å². The van der Waals surface area contributed by atoms with Gasteiger partial charge in [0.15, 0.2) is 11.8 Å². The molecule has 5 rings (SSSR count). The van der Waals surface area contributed by atoms with E-state index >= 15 is 0 Å². The molecular formula is C24H28N4O6. The number of carboxylic acid groups (broad SMARTS) is 1. The largest absolute Gasteiger partial charge is 0.480 e. The number of piperidine rings is 1. The molecule has 4 heterocycles. The molecule has 1 aromatic carbocycles. The predicted molar refractivity (Wildman–Crippen MR) is 121 cm³/mol. The molecule has 0 radical (unpaired) electrons. The molecule has 0 spiro atoms. The number of piperazine rings is 1. The molecule has 4 amide bonds. The van der Waals surface area contributed by atoms with Crippen molar-refractivity contribution in [3.05, 3.63) is 36.1 Å². The molecule has 0 aliphatic carbocycles. The molecule has 3 aliphatic rings. The van der Waals surface area contributed by atoms with E-state index in [1.165, 1.54) is 4.90 Å². The number of urea groups is 1. The van der Waals surface area contributed by atoms with Gasteiger partial charge in [-0.05, 0) is 50.4 Å². The van der Waals surface area contributed by atoms with Gasteiger partial charge in [0.1, 0.15) is 5.58 Å². The van der Waals surface area contributed by atoms with Crippen molar-refractivity contribution in [3.8, 4) is 0 Å². The van der Waals surface area contributed by atoms with Crippen LogP contribution < -0.4 is 5.32 Å². The van der Waals surface area contributed by atoms with Crippen LogP contribution in [-0.4, -0.2) is 88.9 Å². The Bertz CT molecular complexity index is 1080. The highest BCUT2D eigenvalue weighted by Gasteiger charge is 2.56. The van der Waals surface area contributed by atoms with E-state index in [0.29, 0.717) is 17.9 Å². The average molecular weight is 469 g/mol. The Balaban J connectivity index is 1.19. The number of carboxylic acids is 1. The number of hydrogen-bond acceptors (Lipinski definition) is 6. The maximum Gasteiger partial charge on any atom is 0.327 e. The molecule has 2 atom stereocenters. The number of amides is 4. The summed E-state index contributed by atoms with van der Waals surface area (Å²) in [7, 11) is 0. The lowest BCUT2D eigenvalue weighted by molar-refractivity contribution is -0.167. The second-order valence-corrected chi connectivity index (χ2v) is 9.24. The van der Waals surface area contributed by atoms with Gasteiger partial charge in [-0.2, -0.15) is 0 Å². The van der Waals surface area contributed by atoms with Gasteiger partial charge in [-0.15, -0.1) is 0 Å². The van der Waals surface area contributed by atoms with E-state index in [1.54, 1.807) is 17.0 Å². The van der Waals surface area contributed by atoms with Crippen molar-refractivity contribution < 1.29 is 28.7 Å². The second kappa shape index (κ2) is 9.09. The summed E-state index contributed by atoms with van der Waals surface area (Å²) in [6.45, 7) is 2.73. The van der Waals surface area contributed by atoms with E-state index in [9.17, 15) is 24.3 Å². The summed E-state index contributed by atoms with van der Waals surface area (Å²) in [4.78, 5) is 54.6. The molecule has 34 heavy (non-hydrogen) atoms. The van der Waals surface area contributed by atoms with Gasteiger partial charge in [0.25, 0.3) is 5.91 Å². The van der Waals surface area contributed by atoms with Crippen LogP contribution in [0.2, 0.25) is 0 Å². The van der Waals surface area contributed by atoms with E-state index in [2.05, 4.69) is 5.32 Å². The summed E-state index contributed by atoms with van der Waals surface area (Å²) in [5.74, 6) is -1.93. The zero-order chi connectivity index (χ0) is 23.8. The average Bonchev–Trinajstić information content (AvgIpc) is 3.30. The smallest absolute Gasteiger partial charge is 0.327 e. The van der Waals surface area contributed by atoms with Gasteiger partial charge in [-0.25, -0.2) is 14.5 Å². The standard InChI is InChI=1S/C24H28N4O6/c29-21-17(13-15-5-7-25-8-6-15)20(23(31)32)28(21)24(33)27-11-9-26(10-12-27)22(30)19-14-16-3-1-2-4-18(16)34-19/h1-4,14-15,17,20,25H,5-13H2,(H,31,32)/t17-,20+/m1/s1. The summed E-state index contributed by atoms with van der Waals surface area (Å²) < 4.78 is 5.66. The first-order valence-electron chi connectivity index (χ1n) is 11.8. The van der Waals surface area contributed by atoms with Crippen molar-refractivity contribution in [2.45, 2.75) is 25.3 Å². The van der Waals surface area contributed by atoms with Gasteiger partial charge in [0.05, 0.1) is 5.92 Å². The lowest BCUT2D eigenvalue weighted by Gasteiger charge is -2.47. The summed E-state index contributed by atoms with van der Waals surface area (Å²) in [6.07, 6.45) is 2.32. The highest BCUT2D eigenvalue weighted by Crippen LogP contribution is 2.35. The normalized spacial score (nSPS) is 23.8. The number of nitrogens with one attached hydrogen (secondary N) is 1. The van der Waals surface area contributed by atoms with Crippen molar-refractivity contribution in [1.82, 2.24) is 20.0 Å². The van der Waals surface area contributed by atoms with Gasteiger partial charge in [0.2, 0.25) is 5.91 Å². The Morgan fingerprint density at radius 3 is 2.38 bits per heavy atom. The number of β-lactam (4-membered cyclic amide) rings is 1. The maximum atomic E-state index is 13.0. The van der Waals surface area contributed by atoms with Crippen LogP contribution >= 0.6 is 0 Å². The number of aliphatic carboxylic acids is 1. The van der Waals surface area contributed by atoms with Crippen LogP contribution in [0.1, 0.15) is 29.8 Å². The summed E-state index contributed by atoms with van der Waals surface area (Å²) >= 11 is 0. The molecule has 10 nitrogen and oxygen atoms in total. The Morgan fingerprint density at radius 2 is 1.71 bits per heavy atom. The van der Waals surface area contributed by atoms with Crippen molar-refractivity contribution in [1.29, 1.82) is 0 Å². The fraction of sp³-hybridized carbons (Fsp3) is 0.500. The van der Waals surface area contributed by atoms with E-state index in [0.717, 1.165) is 36.2 Å². The summed E-state index contributed by atoms with van der Waals surface area (Å²) in [5.41, 5.74) is 0.634. The monoisotopic (exact) mass is 468 g/mol. The minimum absolute atomic E-state index is 0.222. The van der Waals surface area contributed by atoms with E-state index in [1.807, 2.05) is 18.2 Å². The number of fused-ring (bicyclic) bond motifs is 1. The minimum Gasteiger partial charge on any atom is -0.480 e. The molecule has 180 valence electrons. The van der Waals surface area contributed by atoms with Crippen LogP contribution in [-0.2, 0) is 9.59 Å². The zero-order valence-electron chi connectivity index (χ0n) is 18.8. The number of benzene rings is 1. The van der Waals surface area contributed by atoms with Gasteiger partial charge in [0, 0.05) is 31.6 Å². The van der Waals surface area contributed by atoms with E-state index in [-0.39, 0.29) is 37.8 Å². The Morgan fingerprint density at radius 1 is 1.03 bits per heavy atom. The number of nitrogens with zero attached hydrogens (tertiary/aromatic N) is 3. The van der Waals surface area contributed by atoms with Crippen molar-refractivity contribution >= 4 is 34.8 Å². The van der Waals surface area contributed by atoms with Gasteiger partial charge in [-0.1, -0.05) is 18.2 Å². The van der Waals surface area contributed by atoms with Crippen LogP contribution in [0.25, 0.3) is 11.0 Å². The van der Waals surface area contributed by atoms with Crippen molar-refractivity contribution in [2.75, 3.05) is 39.3 Å². The lowest BCUT2D eigenvalue weighted by Crippen LogP contribution is -2.69. The SMILES string of the molecule is O=C(O)[C@@H]1[C@@H](CC2CCNCC2)C(=O)N1C(=O)N1CCN(C(=O)c2cc3ccccc3o2)CC1. The van der Waals surface area contributed by atoms with E-state index in [4.69, 9.17) is 4.42 Å². The number of likely N-dealkylation sites (tertiary alicyclic amines) is 1. The molecule has 10 heteroatoms. The molecular weight excluding hydrogens is 440 g/mol. The minimum atomic E-state index is -1.15. The third-order valence-corrected chi connectivity index (χ3v) is 7.19. The van der Waals surface area contributed by atoms with Gasteiger partial charge < -0.3 is 24.6 Å². The maximum absolute atomic E-state index is 13.0. The summed E-state index contributed by atoms with van der Waals surface area (Å²) in [5, 5.41) is 13.8. The lowest BCUT2D eigenvalue weighted by atomic mass is 9.78. The number of carbonyl (C=O) groups is 4. The topological polar surface area (TPSA) is 123 Å². The molecule has 3 saturated heterocycles.